The summed E-state index contributed by atoms with van der Waals surface area (Å²) in [4.78, 5) is 17.1. The monoisotopic (exact) mass is 571 g/mol. The first-order valence-corrected chi connectivity index (χ1v) is 15.4. The molecule has 3 aromatic rings. The molecule has 1 saturated carbocycles. The van der Waals surface area contributed by atoms with Crippen molar-refractivity contribution in [3.8, 4) is 21.0 Å². The van der Waals surface area contributed by atoms with E-state index >= 15 is 0 Å². The molecule has 1 aliphatic rings. The van der Waals surface area contributed by atoms with Crippen molar-refractivity contribution in [2.75, 3.05) is 10.6 Å². The van der Waals surface area contributed by atoms with E-state index in [0.29, 0.717) is 16.4 Å². The smallest absolute Gasteiger partial charge is 0.241 e. The molecule has 38 heavy (non-hydrogen) atoms. The molecule has 1 aliphatic carbocycles. The van der Waals surface area contributed by atoms with E-state index in [4.69, 9.17) is 12.2 Å². The molecule has 1 heterocycles. The molecule has 1 fully saturated rings. The third-order valence-corrected chi connectivity index (χ3v) is 8.96. The summed E-state index contributed by atoms with van der Waals surface area (Å²) in [6, 6.07) is 12.9. The van der Waals surface area contributed by atoms with Crippen molar-refractivity contribution >= 4 is 56.0 Å². The number of benzene rings is 2. The second-order valence-electron chi connectivity index (χ2n) is 9.71. The zero-order valence-electron chi connectivity index (χ0n) is 21.7. The summed E-state index contributed by atoms with van der Waals surface area (Å²) in [5.41, 5.74) is 2.76. The first kappa shape index (κ1) is 28.2. The van der Waals surface area contributed by atoms with E-state index in [2.05, 4.69) is 25.7 Å². The van der Waals surface area contributed by atoms with Gasteiger partial charge in [0.2, 0.25) is 15.9 Å². The molecule has 0 radical (unpaired) electrons. The Morgan fingerprint density at radius 1 is 1.03 bits per heavy atom. The summed E-state index contributed by atoms with van der Waals surface area (Å²) in [6.45, 7) is 5.44. The average molecular weight is 572 g/mol. The van der Waals surface area contributed by atoms with Gasteiger partial charge >= 0.3 is 0 Å². The molecule has 4 N–H and O–H groups in total. The molecule has 2 aromatic carbocycles. The molecule has 1 amide bonds. The third-order valence-electron chi connectivity index (χ3n) is 6.10. The SMILES string of the molecule is CC(=O)Nc1ccc(-c2cnc(-c3ccc(NC(=S)NC(C)C)cc3)s2)c(S(=O)(=O)NC2CCCCC2)c1. The highest BCUT2D eigenvalue weighted by Crippen LogP contribution is 2.37. The predicted molar refractivity (Wildman–Crippen MR) is 159 cm³/mol. The summed E-state index contributed by atoms with van der Waals surface area (Å²) in [6.07, 6.45) is 6.50. The van der Waals surface area contributed by atoms with Crippen molar-refractivity contribution in [2.24, 2.45) is 0 Å². The van der Waals surface area contributed by atoms with Gasteiger partial charge in [-0.15, -0.1) is 11.3 Å². The lowest BCUT2D eigenvalue weighted by atomic mass is 9.96. The third kappa shape index (κ3) is 7.37. The van der Waals surface area contributed by atoms with Gasteiger partial charge in [-0.25, -0.2) is 18.1 Å². The highest BCUT2D eigenvalue weighted by Gasteiger charge is 2.26. The molecule has 202 valence electrons. The maximum absolute atomic E-state index is 13.5. The molecule has 0 unspecified atom stereocenters. The van der Waals surface area contributed by atoms with Crippen LogP contribution in [0.5, 0.6) is 0 Å². The van der Waals surface area contributed by atoms with Crippen LogP contribution >= 0.6 is 23.6 Å². The van der Waals surface area contributed by atoms with Gasteiger partial charge in [0.25, 0.3) is 0 Å². The Morgan fingerprint density at radius 2 is 1.71 bits per heavy atom. The summed E-state index contributed by atoms with van der Waals surface area (Å²) < 4.78 is 30.0. The zero-order valence-corrected chi connectivity index (χ0v) is 24.2. The molecule has 0 bridgehead atoms. The van der Waals surface area contributed by atoms with Gasteiger partial charge < -0.3 is 16.0 Å². The zero-order chi connectivity index (χ0) is 27.3. The largest absolute Gasteiger partial charge is 0.360 e. The molecule has 4 rings (SSSR count). The Bertz CT molecular complexity index is 1400. The Morgan fingerprint density at radius 3 is 2.37 bits per heavy atom. The summed E-state index contributed by atoms with van der Waals surface area (Å²) in [5, 5.41) is 10.3. The summed E-state index contributed by atoms with van der Waals surface area (Å²) in [5.74, 6) is -0.264. The van der Waals surface area contributed by atoms with Crippen molar-refractivity contribution in [3.05, 3.63) is 48.7 Å². The van der Waals surface area contributed by atoms with Crippen LogP contribution in [-0.2, 0) is 14.8 Å². The lowest BCUT2D eigenvalue weighted by molar-refractivity contribution is -0.114. The minimum atomic E-state index is -3.83. The van der Waals surface area contributed by atoms with Crippen LogP contribution in [0.2, 0.25) is 0 Å². The van der Waals surface area contributed by atoms with Crippen molar-refractivity contribution in [2.45, 2.75) is 69.9 Å². The summed E-state index contributed by atoms with van der Waals surface area (Å²) in [7, 11) is -3.83. The number of nitrogens with zero attached hydrogens (tertiary/aromatic N) is 1. The standard InChI is InChI=1S/C27H33N5O3S3/c1-17(2)29-27(36)31-20-11-9-19(10-12-20)26-28-16-24(37-26)23-14-13-22(30-18(3)33)15-25(23)38(34,35)32-21-7-5-4-6-8-21/h9-17,21,32H,4-8H2,1-3H3,(H,30,33)(H2,29,31,36). The Labute approximate surface area is 233 Å². The van der Waals surface area contributed by atoms with Crippen LogP contribution in [-0.4, -0.2) is 36.5 Å². The quantitative estimate of drug-likeness (QED) is 0.255. The number of hydrogen-bond donors (Lipinski definition) is 4. The van der Waals surface area contributed by atoms with E-state index in [1.807, 2.05) is 38.1 Å². The second kappa shape index (κ2) is 12.3. The maximum Gasteiger partial charge on any atom is 0.241 e. The van der Waals surface area contributed by atoms with Gasteiger partial charge in [-0.1, -0.05) is 25.3 Å². The number of sulfonamides is 1. The van der Waals surface area contributed by atoms with E-state index in [1.54, 1.807) is 18.3 Å². The van der Waals surface area contributed by atoms with Gasteiger partial charge in [-0.2, -0.15) is 0 Å². The van der Waals surface area contributed by atoms with Gasteiger partial charge in [0.15, 0.2) is 5.11 Å². The fourth-order valence-corrected chi connectivity index (χ4v) is 7.32. The molecule has 0 saturated heterocycles. The van der Waals surface area contributed by atoms with Gasteiger partial charge in [-0.3, -0.25) is 4.79 Å². The van der Waals surface area contributed by atoms with E-state index < -0.39 is 10.0 Å². The van der Waals surface area contributed by atoms with E-state index in [9.17, 15) is 13.2 Å². The molecule has 8 nitrogen and oxygen atoms in total. The van der Waals surface area contributed by atoms with Crippen LogP contribution in [0.1, 0.15) is 52.9 Å². The number of nitrogens with one attached hydrogen (secondary N) is 4. The van der Waals surface area contributed by atoms with Crippen LogP contribution in [0.15, 0.2) is 53.6 Å². The molecular formula is C27H33N5O3S3. The number of thiocarbonyl (C=S) groups is 1. The van der Waals surface area contributed by atoms with E-state index in [-0.39, 0.29) is 22.9 Å². The number of aromatic nitrogens is 1. The molecule has 0 atom stereocenters. The van der Waals surface area contributed by atoms with Crippen LogP contribution in [0, 0.1) is 0 Å². The Balaban J connectivity index is 1.61. The lowest BCUT2D eigenvalue weighted by Gasteiger charge is -2.23. The fraction of sp³-hybridized carbons (Fsp3) is 0.370. The molecule has 0 aliphatic heterocycles. The molecule has 0 spiro atoms. The van der Waals surface area contributed by atoms with Gasteiger partial charge in [0.05, 0.1) is 9.77 Å². The number of hydrogen-bond acceptors (Lipinski definition) is 6. The van der Waals surface area contributed by atoms with E-state index in [0.717, 1.165) is 53.2 Å². The van der Waals surface area contributed by atoms with Crippen LogP contribution < -0.4 is 20.7 Å². The maximum atomic E-state index is 13.5. The minimum Gasteiger partial charge on any atom is -0.360 e. The molecule has 1 aromatic heterocycles. The van der Waals surface area contributed by atoms with Crippen molar-refractivity contribution < 1.29 is 13.2 Å². The number of anilines is 2. The fourth-order valence-electron chi connectivity index (χ4n) is 4.39. The van der Waals surface area contributed by atoms with Gasteiger partial charge in [0, 0.05) is 47.7 Å². The molecular weight excluding hydrogens is 539 g/mol. The minimum absolute atomic E-state index is 0.0845. The first-order valence-electron chi connectivity index (χ1n) is 12.7. The van der Waals surface area contributed by atoms with Crippen LogP contribution in [0.3, 0.4) is 0 Å². The second-order valence-corrected chi connectivity index (χ2v) is 12.8. The average Bonchev–Trinajstić information content (AvgIpc) is 3.34. The normalized spacial score (nSPS) is 14.3. The van der Waals surface area contributed by atoms with Gasteiger partial charge in [-0.05, 0) is 75.3 Å². The van der Waals surface area contributed by atoms with Gasteiger partial charge in [0.1, 0.15) is 5.01 Å². The predicted octanol–water partition coefficient (Wildman–Crippen LogP) is 5.74. The Hall–Kier alpha value is -2.86. The summed E-state index contributed by atoms with van der Waals surface area (Å²) >= 11 is 6.73. The highest BCUT2D eigenvalue weighted by atomic mass is 32.2. The van der Waals surface area contributed by atoms with Crippen LogP contribution in [0.4, 0.5) is 11.4 Å². The number of amides is 1. The highest BCUT2D eigenvalue weighted by molar-refractivity contribution is 7.89. The van der Waals surface area contributed by atoms with E-state index in [1.165, 1.54) is 24.3 Å². The topological polar surface area (TPSA) is 112 Å². The van der Waals surface area contributed by atoms with Crippen molar-refractivity contribution in [1.82, 2.24) is 15.0 Å². The number of rotatable bonds is 8. The first-order chi connectivity index (χ1) is 18.1. The van der Waals surface area contributed by atoms with Crippen molar-refractivity contribution in [3.63, 3.8) is 0 Å². The van der Waals surface area contributed by atoms with Crippen molar-refractivity contribution in [1.29, 1.82) is 0 Å². The Kier molecular flexibility index (Phi) is 9.14. The number of carbonyl (C=O) groups is 1. The molecule has 11 heteroatoms. The number of thiazole rings is 1. The lowest BCUT2D eigenvalue weighted by Crippen LogP contribution is -2.36. The van der Waals surface area contributed by atoms with Crippen LogP contribution in [0.25, 0.3) is 21.0 Å². The number of carbonyl (C=O) groups excluding carboxylic acids is 1.